The van der Waals surface area contributed by atoms with Crippen LogP contribution in [0.5, 0.6) is 0 Å². The van der Waals surface area contributed by atoms with E-state index in [0.29, 0.717) is 17.8 Å². The number of halogens is 3. The molecule has 0 spiro atoms. The van der Waals surface area contributed by atoms with E-state index < -0.39 is 18.1 Å². The van der Waals surface area contributed by atoms with Gasteiger partial charge >= 0.3 is 6.18 Å². The Hall–Kier alpha value is -1.53. The maximum absolute atomic E-state index is 13.2. The van der Waals surface area contributed by atoms with Crippen molar-refractivity contribution in [2.45, 2.75) is 90.4 Å². The third-order valence-electron chi connectivity index (χ3n) is 9.11. The van der Waals surface area contributed by atoms with Crippen molar-refractivity contribution < 1.29 is 22.8 Å². The van der Waals surface area contributed by atoms with Crippen LogP contribution in [0.2, 0.25) is 0 Å². The third-order valence-corrected chi connectivity index (χ3v) is 9.11. The highest BCUT2D eigenvalue weighted by atomic mass is 19.4. The second-order valence-corrected chi connectivity index (χ2v) is 11.6. The Kier molecular flexibility index (Phi) is 5.29. The van der Waals surface area contributed by atoms with Crippen molar-refractivity contribution in [3.8, 4) is 0 Å². The number of hydrogen-bond acceptors (Lipinski definition) is 2. The van der Waals surface area contributed by atoms with Crippen LogP contribution in [-0.2, 0) is 9.59 Å². The molecule has 174 valence electrons. The molecule has 4 nitrogen and oxygen atoms in total. The molecule has 0 radical (unpaired) electrons. The van der Waals surface area contributed by atoms with E-state index in [1.54, 1.807) is 6.08 Å². The maximum Gasteiger partial charge on any atom is 0.391 e. The summed E-state index contributed by atoms with van der Waals surface area (Å²) < 4.78 is 38.8. The largest absolute Gasteiger partial charge is 0.391 e. The Labute approximate surface area is 182 Å². The summed E-state index contributed by atoms with van der Waals surface area (Å²) in [4.78, 5) is 25.0. The summed E-state index contributed by atoms with van der Waals surface area (Å²) in [6, 6.07) is 0.166. The first kappa shape index (κ1) is 22.7. The zero-order valence-corrected chi connectivity index (χ0v) is 18.9. The molecule has 3 saturated carbocycles. The predicted molar refractivity (Wildman–Crippen MR) is 112 cm³/mol. The Morgan fingerprint density at radius 1 is 1.13 bits per heavy atom. The Bertz CT molecular complexity index is 792. The highest BCUT2D eigenvalue weighted by molar-refractivity contribution is 5.89. The minimum atomic E-state index is -4.31. The molecule has 0 aromatic carbocycles. The monoisotopic (exact) mass is 440 g/mol. The fraction of sp³-hybridized carbons (Fsp3) is 0.833. The summed E-state index contributed by atoms with van der Waals surface area (Å²) in [7, 11) is 0. The molecule has 3 fully saturated rings. The minimum Gasteiger partial charge on any atom is -0.351 e. The van der Waals surface area contributed by atoms with E-state index in [9.17, 15) is 22.8 Å². The van der Waals surface area contributed by atoms with Gasteiger partial charge in [0.05, 0.1) is 6.42 Å². The van der Waals surface area contributed by atoms with Crippen molar-refractivity contribution in [1.82, 2.24) is 10.6 Å². The fourth-order valence-electron chi connectivity index (χ4n) is 7.73. The predicted octanol–water partition coefficient (Wildman–Crippen LogP) is 4.75. The van der Waals surface area contributed by atoms with Crippen LogP contribution in [0.1, 0.15) is 72.6 Å². The highest BCUT2D eigenvalue weighted by Gasteiger charge is 2.61. The van der Waals surface area contributed by atoms with E-state index in [4.69, 9.17) is 0 Å². The second-order valence-electron chi connectivity index (χ2n) is 11.6. The van der Waals surface area contributed by atoms with E-state index in [1.165, 1.54) is 13.8 Å². The SMILES string of the molecule is CC(C)(CC(F)(F)F)NC(=O)C1CC[C@H]2[C@@H]3CCC4NC(=O)C=C[C@]4(C)[C@@H]3CC[C@]12C. The van der Waals surface area contributed by atoms with Crippen molar-refractivity contribution in [1.29, 1.82) is 0 Å². The van der Waals surface area contributed by atoms with Crippen molar-refractivity contribution in [3.05, 3.63) is 12.2 Å². The summed E-state index contributed by atoms with van der Waals surface area (Å²) in [5.41, 5.74) is -1.55. The quantitative estimate of drug-likeness (QED) is 0.666. The first-order valence-electron chi connectivity index (χ1n) is 11.6. The first-order chi connectivity index (χ1) is 14.3. The van der Waals surface area contributed by atoms with Gasteiger partial charge in [-0.1, -0.05) is 19.9 Å². The first-order valence-corrected chi connectivity index (χ1v) is 11.6. The van der Waals surface area contributed by atoms with Gasteiger partial charge in [-0.05, 0) is 81.6 Å². The van der Waals surface area contributed by atoms with Crippen LogP contribution >= 0.6 is 0 Å². The lowest BCUT2D eigenvalue weighted by Crippen LogP contribution is -2.60. The molecule has 4 aliphatic rings. The molecular weight excluding hydrogens is 405 g/mol. The minimum absolute atomic E-state index is 0.0133. The third kappa shape index (κ3) is 3.91. The van der Waals surface area contributed by atoms with Crippen LogP contribution in [0.25, 0.3) is 0 Å². The van der Waals surface area contributed by atoms with E-state index in [1.807, 2.05) is 0 Å². The number of hydrogen-bond donors (Lipinski definition) is 2. The molecule has 0 saturated heterocycles. The summed E-state index contributed by atoms with van der Waals surface area (Å²) in [6.45, 7) is 7.35. The maximum atomic E-state index is 13.2. The molecule has 4 rings (SSSR count). The van der Waals surface area contributed by atoms with Gasteiger partial charge in [0.15, 0.2) is 0 Å². The number of nitrogens with one attached hydrogen (secondary N) is 2. The Morgan fingerprint density at radius 2 is 1.84 bits per heavy atom. The number of carbonyl (C=O) groups excluding carboxylic acids is 2. The summed E-state index contributed by atoms with van der Waals surface area (Å²) >= 11 is 0. The van der Waals surface area contributed by atoms with E-state index in [0.717, 1.165) is 38.5 Å². The van der Waals surface area contributed by atoms with Crippen LogP contribution in [0, 0.1) is 34.5 Å². The molecule has 3 aliphatic carbocycles. The van der Waals surface area contributed by atoms with Crippen LogP contribution in [-0.4, -0.2) is 29.6 Å². The van der Waals surface area contributed by atoms with E-state index >= 15 is 0 Å². The molecule has 7 atom stereocenters. The van der Waals surface area contributed by atoms with Gasteiger partial charge in [-0.25, -0.2) is 0 Å². The smallest absolute Gasteiger partial charge is 0.351 e. The molecule has 0 aromatic heterocycles. The molecule has 1 heterocycles. The topological polar surface area (TPSA) is 58.2 Å². The number of fused-ring (bicyclic) bond motifs is 5. The van der Waals surface area contributed by atoms with Gasteiger partial charge in [0.2, 0.25) is 11.8 Å². The molecular formula is C24H35F3N2O2. The van der Waals surface area contributed by atoms with Gasteiger partial charge in [-0.15, -0.1) is 0 Å². The van der Waals surface area contributed by atoms with Gasteiger partial charge in [-0.2, -0.15) is 13.2 Å². The molecule has 1 aliphatic heterocycles. The molecule has 0 aromatic rings. The summed E-state index contributed by atoms with van der Waals surface area (Å²) in [5.74, 6) is 0.878. The molecule has 2 N–H and O–H groups in total. The van der Waals surface area contributed by atoms with Crippen LogP contribution in [0.3, 0.4) is 0 Å². The van der Waals surface area contributed by atoms with Gasteiger partial charge in [0.25, 0.3) is 0 Å². The van der Waals surface area contributed by atoms with Gasteiger partial charge in [0.1, 0.15) is 0 Å². The van der Waals surface area contributed by atoms with Crippen molar-refractivity contribution >= 4 is 11.8 Å². The fourth-order valence-corrected chi connectivity index (χ4v) is 7.73. The Morgan fingerprint density at radius 3 is 2.52 bits per heavy atom. The normalized spacial score (nSPS) is 42.3. The summed E-state index contributed by atoms with van der Waals surface area (Å²) in [6.07, 6.45) is 3.99. The van der Waals surface area contributed by atoms with Gasteiger partial charge in [-0.3, -0.25) is 9.59 Å². The summed E-state index contributed by atoms with van der Waals surface area (Å²) in [5, 5.41) is 5.88. The van der Waals surface area contributed by atoms with Crippen LogP contribution in [0.15, 0.2) is 12.2 Å². The lowest BCUT2D eigenvalue weighted by atomic mass is 9.48. The van der Waals surface area contributed by atoms with Crippen LogP contribution < -0.4 is 10.6 Å². The van der Waals surface area contributed by atoms with Gasteiger partial charge in [0, 0.05) is 22.9 Å². The van der Waals surface area contributed by atoms with Crippen molar-refractivity contribution in [2.24, 2.45) is 34.5 Å². The van der Waals surface area contributed by atoms with Crippen LogP contribution in [0.4, 0.5) is 13.2 Å². The average Bonchev–Trinajstić information content (AvgIpc) is 2.97. The van der Waals surface area contributed by atoms with Crippen molar-refractivity contribution in [2.75, 3.05) is 0 Å². The number of amides is 2. The average molecular weight is 441 g/mol. The lowest BCUT2D eigenvalue weighted by molar-refractivity contribution is -0.152. The van der Waals surface area contributed by atoms with Gasteiger partial charge < -0.3 is 10.6 Å². The number of rotatable bonds is 3. The Balaban J connectivity index is 1.51. The molecule has 7 heteroatoms. The second kappa shape index (κ2) is 7.24. The standard InChI is InChI=1S/C24H35F3N2O2/c1-21(2,13-24(25,26)27)29-20(31)17-7-6-15-14-5-8-18-23(4,12-10-19(30)28-18)16(14)9-11-22(15,17)3/h10,12,14-18H,5-9,11,13H2,1-4H3,(H,28,30)(H,29,31)/t14-,15-,16+,17?,18?,22-,23+/m0/s1. The molecule has 2 amide bonds. The zero-order chi connectivity index (χ0) is 22.8. The zero-order valence-electron chi connectivity index (χ0n) is 18.9. The molecule has 0 bridgehead atoms. The van der Waals surface area contributed by atoms with E-state index in [2.05, 4.69) is 30.6 Å². The lowest BCUT2D eigenvalue weighted by Gasteiger charge is -2.58. The number of carbonyl (C=O) groups is 2. The molecule has 31 heavy (non-hydrogen) atoms. The van der Waals surface area contributed by atoms with Crippen molar-refractivity contribution in [3.63, 3.8) is 0 Å². The van der Waals surface area contributed by atoms with E-state index in [-0.39, 0.29) is 34.6 Å². The highest BCUT2D eigenvalue weighted by Crippen LogP contribution is 2.65. The molecule has 2 unspecified atom stereocenters. The number of alkyl halides is 3.